The van der Waals surface area contributed by atoms with Crippen LogP contribution in [0.15, 0.2) is 60.8 Å². The molecule has 0 aliphatic heterocycles. The molecule has 0 aliphatic carbocycles. The topological polar surface area (TPSA) is 172 Å². The number of allylic oxidation sites excluding steroid dienone is 10. The van der Waals surface area contributed by atoms with Crippen LogP contribution in [0, 0.1) is 0 Å². The first kappa shape index (κ1) is 53.2. The van der Waals surface area contributed by atoms with E-state index < -0.39 is 51.1 Å². The number of phosphoric acid groups is 1. The van der Waals surface area contributed by atoms with Crippen LogP contribution in [0.1, 0.15) is 168 Å². The van der Waals surface area contributed by atoms with E-state index in [1.54, 1.807) is 0 Å². The number of unbranched alkanes of at least 4 members (excludes halogenated alkanes) is 18. The maximum Gasteiger partial charge on any atom is 0.472 e. The maximum absolute atomic E-state index is 12.6. The minimum atomic E-state index is -4.72. The summed E-state index contributed by atoms with van der Waals surface area (Å²) in [6, 6.07) is -1.53. The molecule has 56 heavy (non-hydrogen) atoms. The monoisotopic (exact) mass is 810 g/mol. The maximum atomic E-state index is 12.6. The minimum absolute atomic E-state index is 0.148. The number of rotatable bonds is 39. The van der Waals surface area contributed by atoms with Gasteiger partial charge in [-0.1, -0.05) is 158 Å². The Morgan fingerprint density at radius 2 is 1.02 bits per heavy atom. The van der Waals surface area contributed by atoms with Crippen molar-refractivity contribution in [1.82, 2.24) is 0 Å². The van der Waals surface area contributed by atoms with Gasteiger partial charge >= 0.3 is 25.7 Å². The van der Waals surface area contributed by atoms with Crippen molar-refractivity contribution in [2.75, 3.05) is 19.8 Å². The summed E-state index contributed by atoms with van der Waals surface area (Å²) in [5, 5.41) is 8.88. The molecule has 0 aromatic carbocycles. The normalized spacial score (nSPS) is 14.4. The van der Waals surface area contributed by atoms with Crippen LogP contribution in [0.5, 0.6) is 0 Å². The van der Waals surface area contributed by atoms with Crippen molar-refractivity contribution in [2.45, 2.75) is 180 Å². The summed E-state index contributed by atoms with van der Waals surface area (Å²) in [4.78, 5) is 45.9. The predicted octanol–water partition coefficient (Wildman–Crippen LogP) is 11.2. The molecule has 0 rings (SSSR count). The summed E-state index contributed by atoms with van der Waals surface area (Å²) >= 11 is 0. The smallest absolute Gasteiger partial charge is 0.472 e. The number of esters is 2. The summed E-state index contributed by atoms with van der Waals surface area (Å²) in [5.41, 5.74) is 5.33. The molecule has 0 heterocycles. The van der Waals surface area contributed by atoms with Crippen LogP contribution >= 0.6 is 7.82 Å². The lowest BCUT2D eigenvalue weighted by Gasteiger charge is -2.20. The molecule has 0 bridgehead atoms. The Labute approximate surface area is 338 Å². The lowest BCUT2D eigenvalue weighted by atomic mass is 10.1. The van der Waals surface area contributed by atoms with Gasteiger partial charge in [-0.15, -0.1) is 0 Å². The third-order valence-corrected chi connectivity index (χ3v) is 9.79. The number of nitrogens with two attached hydrogens (primary N) is 1. The molecule has 1 unspecified atom stereocenters. The number of hydrogen-bond acceptors (Lipinski definition) is 9. The number of phosphoric ester groups is 1. The van der Waals surface area contributed by atoms with E-state index in [0.717, 1.165) is 70.6 Å². The number of carbonyl (C=O) groups excluding carboxylic acids is 2. The second-order valence-electron chi connectivity index (χ2n) is 14.2. The number of aliphatic carboxylic acids is 1. The highest BCUT2D eigenvalue weighted by Crippen LogP contribution is 2.43. The van der Waals surface area contributed by atoms with Crippen LogP contribution < -0.4 is 5.73 Å². The average molecular weight is 810 g/mol. The molecule has 0 amide bonds. The predicted molar refractivity (Wildman–Crippen MR) is 226 cm³/mol. The molecular weight excluding hydrogens is 733 g/mol. The van der Waals surface area contributed by atoms with Gasteiger partial charge in [-0.3, -0.25) is 23.4 Å². The largest absolute Gasteiger partial charge is 0.480 e. The molecule has 12 heteroatoms. The van der Waals surface area contributed by atoms with Gasteiger partial charge in [-0.25, -0.2) is 4.57 Å². The first-order valence-electron chi connectivity index (χ1n) is 21.4. The highest BCUT2D eigenvalue weighted by Gasteiger charge is 2.28. The Morgan fingerprint density at radius 3 is 1.55 bits per heavy atom. The van der Waals surface area contributed by atoms with Crippen molar-refractivity contribution in [3.8, 4) is 0 Å². The summed E-state index contributed by atoms with van der Waals surface area (Å²) in [6.07, 6.45) is 44.2. The van der Waals surface area contributed by atoms with Gasteiger partial charge in [0, 0.05) is 12.8 Å². The van der Waals surface area contributed by atoms with Crippen LogP contribution in [-0.4, -0.2) is 59.9 Å². The molecule has 0 fully saturated rings. The third-order valence-electron chi connectivity index (χ3n) is 8.84. The van der Waals surface area contributed by atoms with Gasteiger partial charge in [0.1, 0.15) is 12.6 Å². The highest BCUT2D eigenvalue weighted by molar-refractivity contribution is 7.47. The summed E-state index contributed by atoms with van der Waals surface area (Å²) in [7, 11) is -4.72. The van der Waals surface area contributed by atoms with Crippen molar-refractivity contribution >= 4 is 25.7 Å². The first-order valence-corrected chi connectivity index (χ1v) is 22.9. The number of carboxylic acid groups (broad SMARTS) is 1. The van der Waals surface area contributed by atoms with Crippen LogP contribution in [-0.2, 0) is 37.5 Å². The van der Waals surface area contributed by atoms with Gasteiger partial charge in [-0.05, 0) is 57.8 Å². The van der Waals surface area contributed by atoms with Crippen molar-refractivity contribution in [2.24, 2.45) is 5.73 Å². The van der Waals surface area contributed by atoms with Gasteiger partial charge in [0.15, 0.2) is 6.10 Å². The van der Waals surface area contributed by atoms with Crippen LogP contribution in [0.2, 0.25) is 0 Å². The Bertz CT molecular complexity index is 1180. The third kappa shape index (κ3) is 38.1. The van der Waals surface area contributed by atoms with Crippen molar-refractivity contribution in [1.29, 1.82) is 0 Å². The van der Waals surface area contributed by atoms with Gasteiger partial charge in [0.25, 0.3) is 0 Å². The van der Waals surface area contributed by atoms with Gasteiger partial charge in [0.05, 0.1) is 13.2 Å². The molecule has 0 radical (unpaired) electrons. The van der Waals surface area contributed by atoms with E-state index in [1.165, 1.54) is 57.8 Å². The average Bonchev–Trinajstić information content (AvgIpc) is 3.17. The molecule has 0 aromatic heterocycles. The Hall–Kier alpha value is -2.82. The van der Waals surface area contributed by atoms with E-state index in [0.29, 0.717) is 12.8 Å². The zero-order valence-corrected chi connectivity index (χ0v) is 35.6. The second-order valence-corrected chi connectivity index (χ2v) is 15.6. The Morgan fingerprint density at radius 1 is 0.571 bits per heavy atom. The molecule has 0 saturated carbocycles. The lowest BCUT2D eigenvalue weighted by Crippen LogP contribution is -2.34. The number of carboxylic acids is 1. The van der Waals surface area contributed by atoms with Gasteiger partial charge < -0.3 is 25.2 Å². The van der Waals surface area contributed by atoms with E-state index in [2.05, 4.69) is 42.7 Å². The second kappa shape index (κ2) is 39.0. The molecule has 322 valence electrons. The molecular formula is C44H76NO10P. The van der Waals surface area contributed by atoms with E-state index in [4.69, 9.17) is 24.8 Å². The number of carbonyl (C=O) groups is 3. The van der Waals surface area contributed by atoms with Gasteiger partial charge in [-0.2, -0.15) is 0 Å². The van der Waals surface area contributed by atoms with E-state index in [1.807, 2.05) is 36.5 Å². The molecule has 0 aromatic rings. The molecule has 3 atom stereocenters. The summed E-state index contributed by atoms with van der Waals surface area (Å²) < 4.78 is 32.7. The zero-order valence-electron chi connectivity index (χ0n) is 34.7. The Balaban J connectivity index is 4.42. The van der Waals surface area contributed by atoms with E-state index >= 15 is 0 Å². The fraction of sp³-hybridized carbons (Fsp3) is 0.705. The molecule has 11 nitrogen and oxygen atoms in total. The zero-order chi connectivity index (χ0) is 41.4. The minimum Gasteiger partial charge on any atom is -0.480 e. The van der Waals surface area contributed by atoms with E-state index in [-0.39, 0.29) is 19.4 Å². The van der Waals surface area contributed by atoms with Crippen LogP contribution in [0.4, 0.5) is 0 Å². The summed E-state index contributed by atoms with van der Waals surface area (Å²) in [6.45, 7) is 2.62. The summed E-state index contributed by atoms with van der Waals surface area (Å²) in [5.74, 6) is -2.42. The quantitative estimate of drug-likeness (QED) is 0.0177. The first-order chi connectivity index (χ1) is 27.1. The van der Waals surface area contributed by atoms with Crippen molar-refractivity contribution in [3.63, 3.8) is 0 Å². The Kier molecular flexibility index (Phi) is 37.1. The molecule has 0 spiro atoms. The van der Waals surface area contributed by atoms with Crippen molar-refractivity contribution in [3.05, 3.63) is 60.8 Å². The fourth-order valence-corrected chi connectivity index (χ4v) is 6.26. The fourth-order valence-electron chi connectivity index (χ4n) is 5.48. The SMILES string of the molecule is CC/C=C/C=C/C=C/C=C/CCCCCCCC(=O)OC[C@H](COP(=O)(O)OC[C@H](N)C(=O)O)OC(=O)CCCCCCCCC/C=C/CCCCCCCC. The molecule has 0 aliphatic rings. The van der Waals surface area contributed by atoms with Gasteiger partial charge in [0.2, 0.25) is 0 Å². The number of hydrogen-bond donors (Lipinski definition) is 3. The van der Waals surface area contributed by atoms with Crippen LogP contribution in [0.25, 0.3) is 0 Å². The van der Waals surface area contributed by atoms with E-state index in [9.17, 15) is 23.8 Å². The number of ether oxygens (including phenoxy) is 2. The highest BCUT2D eigenvalue weighted by atomic mass is 31.2. The van der Waals surface area contributed by atoms with Crippen LogP contribution in [0.3, 0.4) is 0 Å². The lowest BCUT2D eigenvalue weighted by molar-refractivity contribution is -0.161. The molecule has 4 N–H and O–H groups in total. The standard InChI is InChI=1S/C44H76NO10P/c1-3-5-7-9-11-13-15-17-19-20-22-24-26-28-30-32-34-36-43(47)55-40(38-53-56(50,51)54-39-41(45)44(48)49)37-52-42(46)35-33-31-29-27-25-23-21-18-16-14-12-10-8-6-4-2/h6,8,10,12,14,16-19,21,40-41H,3-5,7,9,11,13,15,20,22-39,45H2,1-2H3,(H,48,49)(H,50,51)/b8-6+,12-10+,16-14+,19-17+,21-18+/t40-,41+/m1/s1. The van der Waals surface area contributed by atoms with Crippen molar-refractivity contribution < 1.29 is 47.5 Å². The molecule has 0 saturated heterocycles.